The Bertz CT molecular complexity index is 404. The van der Waals surface area contributed by atoms with E-state index in [0.717, 1.165) is 18.5 Å². The third kappa shape index (κ3) is 7.25. The Morgan fingerprint density at radius 1 is 1.24 bits per heavy atom. The van der Waals surface area contributed by atoms with E-state index in [4.69, 9.17) is 10.5 Å². The van der Waals surface area contributed by atoms with Crippen LogP contribution in [0.15, 0.2) is 24.3 Å². The summed E-state index contributed by atoms with van der Waals surface area (Å²) < 4.78 is 4.96. The number of rotatable bonds is 10. The number of amides is 1. The quantitative estimate of drug-likeness (QED) is 0.651. The minimum Gasteiger partial charge on any atom is -0.385 e. The van der Waals surface area contributed by atoms with Crippen molar-refractivity contribution < 1.29 is 9.53 Å². The summed E-state index contributed by atoms with van der Waals surface area (Å²) in [6.07, 6.45) is 6.23. The van der Waals surface area contributed by atoms with E-state index < -0.39 is 6.04 Å². The highest BCUT2D eigenvalue weighted by Gasteiger charge is 2.12. The molecule has 1 unspecified atom stereocenters. The van der Waals surface area contributed by atoms with Crippen molar-refractivity contribution in [1.29, 1.82) is 0 Å². The lowest BCUT2D eigenvalue weighted by atomic mass is 10.1. The molecule has 0 aliphatic rings. The number of carbonyl (C=O) groups is 1. The number of ether oxygens (including phenoxy) is 1. The Kier molecular flexibility index (Phi) is 8.71. The minimum atomic E-state index is -0.482. The molecule has 118 valence electrons. The van der Waals surface area contributed by atoms with Crippen molar-refractivity contribution in [2.75, 3.05) is 19.0 Å². The van der Waals surface area contributed by atoms with Crippen LogP contribution in [-0.4, -0.2) is 25.7 Å². The monoisotopic (exact) mass is 292 g/mol. The Morgan fingerprint density at radius 3 is 2.57 bits per heavy atom. The number of benzene rings is 1. The van der Waals surface area contributed by atoms with Gasteiger partial charge in [-0.1, -0.05) is 31.9 Å². The van der Waals surface area contributed by atoms with Crippen LogP contribution in [0.3, 0.4) is 0 Å². The number of unbranched alkanes of at least 4 members (excludes halogenated alkanes) is 2. The highest BCUT2D eigenvalue weighted by Crippen LogP contribution is 2.13. The van der Waals surface area contributed by atoms with Crippen molar-refractivity contribution in [2.45, 2.75) is 51.5 Å². The Morgan fingerprint density at radius 2 is 1.95 bits per heavy atom. The molecule has 4 nitrogen and oxygen atoms in total. The average Bonchev–Trinajstić information content (AvgIpc) is 2.49. The summed E-state index contributed by atoms with van der Waals surface area (Å²) in [5, 5.41) is 2.86. The molecule has 21 heavy (non-hydrogen) atoms. The maximum Gasteiger partial charge on any atom is 0.241 e. The molecule has 1 aromatic carbocycles. The van der Waals surface area contributed by atoms with Crippen LogP contribution in [-0.2, 0) is 16.0 Å². The molecule has 1 rings (SSSR count). The molecule has 0 heterocycles. The van der Waals surface area contributed by atoms with Crippen molar-refractivity contribution in [3.63, 3.8) is 0 Å². The second kappa shape index (κ2) is 10.4. The number of hydrogen-bond donors (Lipinski definition) is 2. The lowest BCUT2D eigenvalue weighted by Gasteiger charge is -2.12. The molecule has 0 aliphatic heterocycles. The first kappa shape index (κ1) is 17.7. The summed E-state index contributed by atoms with van der Waals surface area (Å²) in [5.74, 6) is -0.134. The maximum absolute atomic E-state index is 11.9. The van der Waals surface area contributed by atoms with Crippen LogP contribution in [0.25, 0.3) is 0 Å². The second-order valence-electron chi connectivity index (χ2n) is 5.38. The van der Waals surface area contributed by atoms with Crippen molar-refractivity contribution in [1.82, 2.24) is 0 Å². The number of anilines is 1. The predicted molar refractivity (Wildman–Crippen MR) is 87.4 cm³/mol. The maximum atomic E-state index is 11.9. The summed E-state index contributed by atoms with van der Waals surface area (Å²) in [4.78, 5) is 11.9. The van der Waals surface area contributed by atoms with E-state index >= 15 is 0 Å². The fourth-order valence-corrected chi connectivity index (χ4v) is 2.15. The highest BCUT2D eigenvalue weighted by molar-refractivity contribution is 5.94. The van der Waals surface area contributed by atoms with Crippen molar-refractivity contribution >= 4 is 11.6 Å². The van der Waals surface area contributed by atoms with Gasteiger partial charge < -0.3 is 15.8 Å². The fourth-order valence-electron chi connectivity index (χ4n) is 2.15. The summed E-state index contributed by atoms with van der Waals surface area (Å²) in [6, 6.07) is 7.55. The van der Waals surface area contributed by atoms with E-state index in [2.05, 4.69) is 24.4 Å². The number of carbonyl (C=O) groups excluding carboxylic acids is 1. The SMILES string of the molecule is CCCCCc1ccc(NC(=O)C(N)CCCOC)cc1. The van der Waals surface area contributed by atoms with Crippen molar-refractivity contribution in [3.8, 4) is 0 Å². The normalized spacial score (nSPS) is 12.1. The van der Waals surface area contributed by atoms with Gasteiger partial charge >= 0.3 is 0 Å². The summed E-state index contributed by atoms with van der Waals surface area (Å²) in [6.45, 7) is 2.84. The Labute approximate surface area is 128 Å². The third-order valence-corrected chi connectivity index (χ3v) is 3.49. The molecule has 1 aromatic rings. The van der Waals surface area contributed by atoms with Crippen LogP contribution in [0, 0.1) is 0 Å². The van der Waals surface area contributed by atoms with E-state index in [1.165, 1.54) is 24.8 Å². The van der Waals surface area contributed by atoms with Gasteiger partial charge in [0, 0.05) is 19.4 Å². The van der Waals surface area contributed by atoms with Gasteiger partial charge in [0.1, 0.15) is 0 Å². The molecular weight excluding hydrogens is 264 g/mol. The first-order valence-corrected chi connectivity index (χ1v) is 7.81. The standard InChI is InChI=1S/C17H28N2O2/c1-3-4-5-7-14-9-11-15(12-10-14)19-17(20)16(18)8-6-13-21-2/h9-12,16H,3-8,13,18H2,1-2H3,(H,19,20). The lowest BCUT2D eigenvalue weighted by Crippen LogP contribution is -2.35. The smallest absolute Gasteiger partial charge is 0.241 e. The average molecular weight is 292 g/mol. The molecule has 0 saturated carbocycles. The van der Waals surface area contributed by atoms with Gasteiger partial charge in [-0.2, -0.15) is 0 Å². The van der Waals surface area contributed by atoms with E-state index in [1.54, 1.807) is 7.11 Å². The molecule has 0 spiro atoms. The molecule has 0 bridgehead atoms. The van der Waals surface area contributed by atoms with Gasteiger partial charge in [-0.15, -0.1) is 0 Å². The number of hydrogen-bond acceptors (Lipinski definition) is 3. The first-order chi connectivity index (χ1) is 10.2. The Balaban J connectivity index is 2.38. The number of methoxy groups -OCH3 is 1. The van der Waals surface area contributed by atoms with Gasteiger partial charge in [0.25, 0.3) is 0 Å². The van der Waals surface area contributed by atoms with Gasteiger partial charge in [-0.05, 0) is 43.4 Å². The third-order valence-electron chi connectivity index (χ3n) is 3.49. The molecular formula is C17H28N2O2. The van der Waals surface area contributed by atoms with Crippen LogP contribution < -0.4 is 11.1 Å². The molecule has 3 N–H and O–H groups in total. The Hall–Kier alpha value is -1.39. The zero-order valence-corrected chi connectivity index (χ0v) is 13.2. The molecule has 1 amide bonds. The van der Waals surface area contributed by atoms with Gasteiger partial charge in [0.05, 0.1) is 6.04 Å². The zero-order valence-electron chi connectivity index (χ0n) is 13.2. The minimum absolute atomic E-state index is 0.134. The van der Waals surface area contributed by atoms with Gasteiger partial charge in [-0.3, -0.25) is 4.79 Å². The van der Waals surface area contributed by atoms with Gasteiger partial charge in [0.15, 0.2) is 0 Å². The van der Waals surface area contributed by atoms with E-state index in [0.29, 0.717) is 13.0 Å². The molecule has 0 saturated heterocycles. The first-order valence-electron chi connectivity index (χ1n) is 7.81. The number of nitrogens with one attached hydrogen (secondary N) is 1. The van der Waals surface area contributed by atoms with E-state index in [9.17, 15) is 4.79 Å². The molecule has 0 aromatic heterocycles. The van der Waals surface area contributed by atoms with E-state index in [-0.39, 0.29) is 5.91 Å². The van der Waals surface area contributed by atoms with Crippen LogP contribution in [0.4, 0.5) is 5.69 Å². The highest BCUT2D eigenvalue weighted by atomic mass is 16.5. The van der Waals surface area contributed by atoms with Crippen LogP contribution in [0.1, 0.15) is 44.6 Å². The fraction of sp³-hybridized carbons (Fsp3) is 0.588. The summed E-state index contributed by atoms with van der Waals surface area (Å²) >= 11 is 0. The second-order valence-corrected chi connectivity index (χ2v) is 5.38. The molecule has 1 atom stereocenters. The van der Waals surface area contributed by atoms with Gasteiger partial charge in [0.2, 0.25) is 5.91 Å². The largest absolute Gasteiger partial charge is 0.385 e. The van der Waals surface area contributed by atoms with Crippen LogP contribution >= 0.6 is 0 Å². The number of nitrogens with two attached hydrogens (primary N) is 1. The topological polar surface area (TPSA) is 64.4 Å². The summed E-state index contributed by atoms with van der Waals surface area (Å²) in [7, 11) is 1.65. The van der Waals surface area contributed by atoms with Crippen molar-refractivity contribution in [3.05, 3.63) is 29.8 Å². The predicted octanol–water partition coefficient (Wildman–Crippen LogP) is 3.11. The summed E-state index contributed by atoms with van der Waals surface area (Å²) in [5.41, 5.74) is 7.97. The number of aryl methyl sites for hydroxylation is 1. The zero-order chi connectivity index (χ0) is 15.5. The van der Waals surface area contributed by atoms with Crippen molar-refractivity contribution in [2.24, 2.45) is 5.73 Å². The molecule has 4 heteroatoms. The molecule has 0 radical (unpaired) electrons. The van der Waals surface area contributed by atoms with Gasteiger partial charge in [-0.25, -0.2) is 0 Å². The lowest BCUT2D eigenvalue weighted by molar-refractivity contribution is -0.117. The van der Waals surface area contributed by atoms with Crippen LogP contribution in [0.5, 0.6) is 0 Å². The molecule has 0 aliphatic carbocycles. The molecule has 0 fully saturated rings. The van der Waals surface area contributed by atoms with Crippen LogP contribution in [0.2, 0.25) is 0 Å². The van der Waals surface area contributed by atoms with E-state index in [1.807, 2.05) is 12.1 Å².